The first-order valence-electron chi connectivity index (χ1n) is 7.76. The summed E-state index contributed by atoms with van der Waals surface area (Å²) in [4.78, 5) is 2.72. The molecule has 2 nitrogen and oxygen atoms in total. The molecule has 1 aromatic carbocycles. The van der Waals surface area contributed by atoms with Gasteiger partial charge in [0.2, 0.25) is 0 Å². The molecule has 1 fully saturated rings. The van der Waals surface area contributed by atoms with Gasteiger partial charge in [0.15, 0.2) is 0 Å². The van der Waals surface area contributed by atoms with Gasteiger partial charge in [-0.3, -0.25) is 4.90 Å². The van der Waals surface area contributed by atoms with E-state index >= 15 is 0 Å². The highest BCUT2D eigenvalue weighted by atomic mass is 32.2. The van der Waals surface area contributed by atoms with Crippen LogP contribution in [0.3, 0.4) is 0 Å². The minimum atomic E-state index is 0.588. The summed E-state index contributed by atoms with van der Waals surface area (Å²) in [5.74, 6) is 1.25. The van der Waals surface area contributed by atoms with Gasteiger partial charge in [-0.2, -0.15) is 11.8 Å². The maximum atomic E-state index is 3.72. The second kappa shape index (κ2) is 8.06. The van der Waals surface area contributed by atoms with E-state index in [2.05, 4.69) is 60.7 Å². The summed E-state index contributed by atoms with van der Waals surface area (Å²) in [7, 11) is 0. The summed E-state index contributed by atoms with van der Waals surface area (Å²) in [5.41, 5.74) is 1.44. The summed E-state index contributed by atoms with van der Waals surface area (Å²) in [6, 6.07) is 12.8. The number of thioether (sulfide) groups is 1. The molecule has 1 heterocycles. The molecule has 0 radical (unpaired) electrons. The van der Waals surface area contributed by atoms with Gasteiger partial charge in [0, 0.05) is 37.0 Å². The van der Waals surface area contributed by atoms with Crippen LogP contribution in [0.1, 0.15) is 25.8 Å². The molecule has 3 atom stereocenters. The number of hydrogen-bond acceptors (Lipinski definition) is 3. The molecule has 0 spiro atoms. The van der Waals surface area contributed by atoms with Crippen LogP contribution in [0.5, 0.6) is 0 Å². The highest BCUT2D eigenvalue weighted by Crippen LogP contribution is 2.18. The van der Waals surface area contributed by atoms with Crippen LogP contribution in [0.15, 0.2) is 30.3 Å². The summed E-state index contributed by atoms with van der Waals surface area (Å²) in [5, 5.41) is 3.72. The normalized spacial score (nSPS) is 25.6. The SMILES string of the molecule is CCC(CSC)N1CC(Cc2ccccc2)NCC1C. The van der Waals surface area contributed by atoms with Gasteiger partial charge in [0.1, 0.15) is 0 Å². The smallest absolute Gasteiger partial charge is 0.0236 e. The minimum absolute atomic E-state index is 0.588. The highest BCUT2D eigenvalue weighted by molar-refractivity contribution is 7.98. The maximum Gasteiger partial charge on any atom is 0.0236 e. The van der Waals surface area contributed by atoms with Crippen molar-refractivity contribution in [2.75, 3.05) is 25.1 Å². The Morgan fingerprint density at radius 1 is 1.35 bits per heavy atom. The van der Waals surface area contributed by atoms with Gasteiger partial charge in [-0.15, -0.1) is 0 Å². The third-order valence-electron chi connectivity index (χ3n) is 4.32. The predicted molar refractivity (Wildman–Crippen MR) is 90.6 cm³/mol. The van der Waals surface area contributed by atoms with E-state index in [1.54, 1.807) is 0 Å². The molecule has 0 amide bonds. The lowest BCUT2D eigenvalue weighted by molar-refractivity contribution is 0.0988. The van der Waals surface area contributed by atoms with Crippen molar-refractivity contribution in [3.8, 4) is 0 Å². The fraction of sp³-hybridized carbons (Fsp3) is 0.647. The van der Waals surface area contributed by atoms with E-state index < -0.39 is 0 Å². The molecule has 1 saturated heterocycles. The van der Waals surface area contributed by atoms with Crippen molar-refractivity contribution in [2.24, 2.45) is 0 Å². The van der Waals surface area contributed by atoms with Crippen molar-refractivity contribution < 1.29 is 0 Å². The Bertz CT molecular complexity index is 382. The quantitative estimate of drug-likeness (QED) is 0.867. The zero-order chi connectivity index (χ0) is 14.4. The first kappa shape index (κ1) is 15.9. The molecule has 2 rings (SSSR count). The van der Waals surface area contributed by atoms with Gasteiger partial charge < -0.3 is 5.32 Å². The van der Waals surface area contributed by atoms with Crippen LogP contribution in [0.2, 0.25) is 0 Å². The number of piperazine rings is 1. The Balaban J connectivity index is 1.96. The fourth-order valence-electron chi connectivity index (χ4n) is 3.14. The molecule has 1 aliphatic heterocycles. The average Bonchev–Trinajstić information content (AvgIpc) is 2.48. The van der Waals surface area contributed by atoms with Crippen LogP contribution >= 0.6 is 11.8 Å². The number of hydrogen-bond donors (Lipinski definition) is 1. The topological polar surface area (TPSA) is 15.3 Å². The molecule has 3 heteroatoms. The van der Waals surface area contributed by atoms with Crippen LogP contribution in [-0.2, 0) is 6.42 Å². The Kier molecular flexibility index (Phi) is 6.40. The summed E-state index contributed by atoms with van der Waals surface area (Å²) in [6.07, 6.45) is 4.61. The van der Waals surface area contributed by atoms with E-state index in [4.69, 9.17) is 0 Å². The van der Waals surface area contributed by atoms with E-state index in [9.17, 15) is 0 Å². The lowest BCUT2D eigenvalue weighted by atomic mass is 10.00. The first-order valence-corrected chi connectivity index (χ1v) is 9.16. The minimum Gasteiger partial charge on any atom is -0.311 e. The standard InChI is InChI=1S/C17H28N2S/c1-4-17(13-20-3)19-12-16(18-11-14(19)2)10-15-8-6-5-7-9-15/h5-9,14,16-18H,4,10-13H2,1-3H3. The van der Waals surface area contributed by atoms with Crippen LogP contribution < -0.4 is 5.32 Å². The number of rotatable bonds is 6. The van der Waals surface area contributed by atoms with Crippen molar-refractivity contribution in [3.63, 3.8) is 0 Å². The molecule has 1 N–H and O–H groups in total. The molecular weight excluding hydrogens is 264 g/mol. The fourth-order valence-corrected chi connectivity index (χ4v) is 3.95. The van der Waals surface area contributed by atoms with Crippen LogP contribution in [0.25, 0.3) is 0 Å². The molecule has 1 aliphatic rings. The van der Waals surface area contributed by atoms with Crippen LogP contribution in [0.4, 0.5) is 0 Å². The predicted octanol–water partition coefficient (Wildman–Crippen LogP) is 3.03. The second-order valence-electron chi connectivity index (χ2n) is 5.86. The second-order valence-corrected chi connectivity index (χ2v) is 6.77. The summed E-state index contributed by atoms with van der Waals surface area (Å²) < 4.78 is 0. The van der Waals surface area contributed by atoms with Crippen molar-refractivity contribution in [2.45, 2.75) is 44.8 Å². The lowest BCUT2D eigenvalue weighted by Gasteiger charge is -2.43. The molecule has 3 unspecified atom stereocenters. The Hall–Kier alpha value is -0.510. The van der Waals surface area contributed by atoms with Gasteiger partial charge in [-0.1, -0.05) is 37.3 Å². The van der Waals surface area contributed by atoms with E-state index in [0.717, 1.165) is 19.0 Å². The zero-order valence-corrected chi connectivity index (χ0v) is 13.8. The van der Waals surface area contributed by atoms with Gasteiger partial charge in [0.25, 0.3) is 0 Å². The summed E-state index contributed by atoms with van der Waals surface area (Å²) in [6.45, 7) is 6.97. The maximum absolute atomic E-state index is 3.72. The number of nitrogens with zero attached hydrogens (tertiary/aromatic N) is 1. The molecule has 1 aromatic rings. The van der Waals surface area contributed by atoms with Gasteiger partial charge >= 0.3 is 0 Å². The van der Waals surface area contributed by atoms with E-state index in [1.807, 2.05) is 11.8 Å². The molecule has 112 valence electrons. The van der Waals surface area contributed by atoms with Crippen molar-refractivity contribution in [1.82, 2.24) is 10.2 Å². The van der Waals surface area contributed by atoms with E-state index in [0.29, 0.717) is 12.1 Å². The van der Waals surface area contributed by atoms with Crippen LogP contribution in [-0.4, -0.2) is 48.1 Å². The highest BCUT2D eigenvalue weighted by Gasteiger charge is 2.29. The van der Waals surface area contributed by atoms with Crippen molar-refractivity contribution in [3.05, 3.63) is 35.9 Å². The van der Waals surface area contributed by atoms with Crippen molar-refractivity contribution >= 4 is 11.8 Å². The third kappa shape index (κ3) is 4.24. The van der Waals surface area contributed by atoms with Crippen molar-refractivity contribution in [1.29, 1.82) is 0 Å². The number of nitrogens with one attached hydrogen (secondary N) is 1. The Morgan fingerprint density at radius 2 is 2.10 bits per heavy atom. The zero-order valence-electron chi connectivity index (χ0n) is 13.0. The van der Waals surface area contributed by atoms with Gasteiger partial charge in [-0.25, -0.2) is 0 Å². The van der Waals surface area contributed by atoms with E-state index in [-0.39, 0.29) is 0 Å². The largest absolute Gasteiger partial charge is 0.311 e. The van der Waals surface area contributed by atoms with Crippen LogP contribution in [0, 0.1) is 0 Å². The molecule has 0 aliphatic carbocycles. The average molecular weight is 292 g/mol. The lowest BCUT2D eigenvalue weighted by Crippen LogP contribution is -2.59. The monoisotopic (exact) mass is 292 g/mol. The summed E-state index contributed by atoms with van der Waals surface area (Å²) >= 11 is 1.97. The molecule has 0 saturated carbocycles. The Labute approximate surface area is 128 Å². The molecule has 0 bridgehead atoms. The molecule has 0 aromatic heterocycles. The van der Waals surface area contributed by atoms with Gasteiger partial charge in [-0.05, 0) is 31.6 Å². The molecular formula is C17H28N2S. The van der Waals surface area contributed by atoms with Gasteiger partial charge in [0.05, 0.1) is 0 Å². The number of benzene rings is 1. The van der Waals surface area contributed by atoms with E-state index in [1.165, 1.54) is 24.3 Å². The molecule has 20 heavy (non-hydrogen) atoms. The third-order valence-corrected chi connectivity index (χ3v) is 5.04. The first-order chi connectivity index (χ1) is 9.74. The Morgan fingerprint density at radius 3 is 2.75 bits per heavy atom.